The zero-order valence-corrected chi connectivity index (χ0v) is 22.8. The molecule has 1 aromatic rings. The molecule has 3 saturated heterocycles. The van der Waals surface area contributed by atoms with Crippen molar-refractivity contribution in [2.45, 2.75) is 79.3 Å². The molecule has 1 aromatic carbocycles. The quantitative estimate of drug-likeness (QED) is 0.281. The van der Waals surface area contributed by atoms with Gasteiger partial charge >= 0.3 is 0 Å². The number of carbonyl (C=O) groups is 3. The number of likely N-dealkylation sites (tertiary alicyclic amines) is 1. The number of hydrogen-bond donors (Lipinski definition) is 3. The lowest BCUT2D eigenvalue weighted by Crippen LogP contribution is -2.55. The second-order valence-corrected chi connectivity index (χ2v) is 12.7. The Morgan fingerprint density at radius 3 is 2.66 bits per heavy atom. The van der Waals surface area contributed by atoms with Crippen molar-refractivity contribution in [1.82, 2.24) is 10.2 Å². The van der Waals surface area contributed by atoms with Crippen LogP contribution in [0.2, 0.25) is 0 Å². The van der Waals surface area contributed by atoms with Crippen molar-refractivity contribution in [2.75, 3.05) is 18.5 Å². The van der Waals surface area contributed by atoms with Crippen LogP contribution >= 0.6 is 27.7 Å². The minimum Gasteiger partial charge on any atom is -0.396 e. The van der Waals surface area contributed by atoms with Crippen molar-refractivity contribution >= 4 is 51.1 Å². The van der Waals surface area contributed by atoms with E-state index in [-0.39, 0.29) is 40.4 Å². The van der Waals surface area contributed by atoms with Crippen LogP contribution in [0.5, 0.6) is 0 Å². The lowest BCUT2D eigenvalue weighted by Gasteiger charge is -2.36. The number of unbranched alkanes of at least 4 members (excludes halogenated alkanes) is 2. The summed E-state index contributed by atoms with van der Waals surface area (Å²) in [6.45, 7) is 4.66. The number of aliphatic hydroxyl groups is 1. The van der Waals surface area contributed by atoms with E-state index in [9.17, 15) is 14.4 Å². The fourth-order valence-electron chi connectivity index (χ4n) is 6.11. The van der Waals surface area contributed by atoms with E-state index in [0.29, 0.717) is 25.1 Å². The van der Waals surface area contributed by atoms with Gasteiger partial charge in [-0.2, -0.15) is 0 Å². The molecule has 3 heterocycles. The van der Waals surface area contributed by atoms with E-state index in [1.165, 1.54) is 0 Å². The molecule has 0 aromatic heterocycles. The van der Waals surface area contributed by atoms with Crippen molar-refractivity contribution in [2.24, 2.45) is 11.8 Å². The number of fused-ring (bicyclic) bond motifs is 1. The van der Waals surface area contributed by atoms with E-state index in [1.807, 2.05) is 37.3 Å². The molecular formula is C26H36BrN3O4S. The van der Waals surface area contributed by atoms with Gasteiger partial charge in [0.05, 0.1) is 16.6 Å². The fourth-order valence-corrected chi connectivity index (χ4v) is 9.73. The maximum Gasteiger partial charge on any atom is 0.244 e. The first-order valence-corrected chi connectivity index (χ1v) is 14.5. The normalized spacial score (nSPS) is 31.9. The highest BCUT2D eigenvalue weighted by atomic mass is 79.9. The van der Waals surface area contributed by atoms with E-state index in [0.717, 1.165) is 25.7 Å². The molecule has 0 saturated carbocycles. The van der Waals surface area contributed by atoms with Gasteiger partial charge in [0.1, 0.15) is 6.04 Å². The van der Waals surface area contributed by atoms with Gasteiger partial charge in [0.2, 0.25) is 17.7 Å². The van der Waals surface area contributed by atoms with Gasteiger partial charge in [-0.3, -0.25) is 14.4 Å². The molecule has 7 nitrogen and oxygen atoms in total. The summed E-state index contributed by atoms with van der Waals surface area (Å²) in [6.07, 6.45) is 4.69. The number of benzene rings is 1. The zero-order valence-electron chi connectivity index (χ0n) is 20.4. The van der Waals surface area contributed by atoms with Crippen molar-refractivity contribution in [1.29, 1.82) is 0 Å². The Kier molecular flexibility index (Phi) is 8.49. The van der Waals surface area contributed by atoms with Crippen LogP contribution in [0, 0.1) is 11.8 Å². The van der Waals surface area contributed by atoms with Gasteiger partial charge in [0, 0.05) is 35.0 Å². The summed E-state index contributed by atoms with van der Waals surface area (Å²) in [5.41, 5.74) is 0.708. The van der Waals surface area contributed by atoms with Crippen molar-refractivity contribution in [3.8, 4) is 0 Å². The Balaban J connectivity index is 1.63. The summed E-state index contributed by atoms with van der Waals surface area (Å²) in [5.74, 6) is -1.37. The monoisotopic (exact) mass is 565 g/mol. The SMILES string of the molecule is CCCC(C)NC(=O)C1N(CCCCCO)C(=O)[C@@H]2[C@@H](C(=O)Nc3ccccc3)[C@@H]3SC12CC3Br. The molecule has 35 heavy (non-hydrogen) atoms. The highest BCUT2D eigenvalue weighted by molar-refractivity contribution is 9.09. The van der Waals surface area contributed by atoms with Crippen LogP contribution in [0.4, 0.5) is 5.69 Å². The van der Waals surface area contributed by atoms with Gasteiger partial charge in [-0.15, -0.1) is 11.8 Å². The summed E-state index contributed by atoms with van der Waals surface area (Å²) in [6, 6.07) is 8.74. The highest BCUT2D eigenvalue weighted by Crippen LogP contribution is 2.67. The standard InChI is InChI=1S/C26H36BrN3O4S/c1-3-10-16(2)28-24(33)22-26-15-18(27)21(35-26)19(23(32)29-17-11-6-4-7-12-17)20(26)25(34)30(22)13-8-5-9-14-31/h4,6-7,11-12,16,18-22,31H,3,5,8-10,13-15H2,1-2H3,(H,28,33)(H,29,32)/t16?,18?,19-,20+,21-,22?,26?/m1/s1. The molecule has 0 radical (unpaired) electrons. The Morgan fingerprint density at radius 1 is 1.23 bits per heavy atom. The van der Waals surface area contributed by atoms with Crippen LogP contribution in [0.15, 0.2) is 30.3 Å². The first-order valence-electron chi connectivity index (χ1n) is 12.7. The summed E-state index contributed by atoms with van der Waals surface area (Å²) in [7, 11) is 0. The number of amides is 3. The van der Waals surface area contributed by atoms with Crippen LogP contribution < -0.4 is 10.6 Å². The third kappa shape index (κ3) is 5.01. The van der Waals surface area contributed by atoms with E-state index in [4.69, 9.17) is 5.11 Å². The van der Waals surface area contributed by atoms with Crippen molar-refractivity contribution in [3.05, 3.63) is 30.3 Å². The van der Waals surface area contributed by atoms with Crippen LogP contribution in [0.3, 0.4) is 0 Å². The predicted octanol–water partition coefficient (Wildman–Crippen LogP) is 3.56. The van der Waals surface area contributed by atoms with Crippen LogP contribution in [-0.4, -0.2) is 67.8 Å². The molecule has 7 atom stereocenters. The number of hydrogen-bond acceptors (Lipinski definition) is 5. The number of halogens is 1. The number of nitrogens with zero attached hydrogens (tertiary/aromatic N) is 1. The van der Waals surface area contributed by atoms with Crippen LogP contribution in [-0.2, 0) is 14.4 Å². The summed E-state index contributed by atoms with van der Waals surface area (Å²) >= 11 is 5.46. The first-order chi connectivity index (χ1) is 16.8. The largest absolute Gasteiger partial charge is 0.396 e. The smallest absolute Gasteiger partial charge is 0.244 e. The summed E-state index contributed by atoms with van der Waals surface area (Å²) in [5, 5.41) is 15.3. The molecule has 3 aliphatic rings. The molecule has 3 amide bonds. The molecule has 3 N–H and O–H groups in total. The van der Waals surface area contributed by atoms with E-state index < -0.39 is 22.6 Å². The maximum absolute atomic E-state index is 13.9. The van der Waals surface area contributed by atoms with Crippen LogP contribution in [0.25, 0.3) is 0 Å². The topological polar surface area (TPSA) is 98.7 Å². The number of rotatable bonds is 11. The minimum atomic E-state index is -0.623. The first kappa shape index (κ1) is 26.5. The second-order valence-electron chi connectivity index (χ2n) is 10.0. The molecule has 0 aliphatic carbocycles. The second kappa shape index (κ2) is 11.2. The number of thioether (sulfide) groups is 1. The maximum atomic E-state index is 13.9. The fraction of sp³-hybridized carbons (Fsp3) is 0.654. The molecule has 2 bridgehead atoms. The third-order valence-corrected chi connectivity index (χ3v) is 10.8. The Hall–Kier alpha value is -1.58. The molecule has 4 rings (SSSR count). The lowest BCUT2D eigenvalue weighted by atomic mass is 9.70. The molecule has 4 unspecified atom stereocenters. The Morgan fingerprint density at radius 2 is 1.97 bits per heavy atom. The minimum absolute atomic E-state index is 0.0230. The average molecular weight is 567 g/mol. The predicted molar refractivity (Wildman–Crippen MR) is 142 cm³/mol. The van der Waals surface area contributed by atoms with Gasteiger partial charge in [-0.25, -0.2) is 0 Å². The van der Waals surface area contributed by atoms with E-state index in [2.05, 4.69) is 33.5 Å². The molecular weight excluding hydrogens is 530 g/mol. The molecule has 192 valence electrons. The Bertz CT molecular complexity index is 934. The van der Waals surface area contributed by atoms with E-state index >= 15 is 0 Å². The number of anilines is 1. The highest BCUT2D eigenvalue weighted by Gasteiger charge is 2.75. The molecule has 9 heteroatoms. The van der Waals surface area contributed by atoms with E-state index in [1.54, 1.807) is 16.7 Å². The third-order valence-electron chi connectivity index (χ3n) is 7.55. The summed E-state index contributed by atoms with van der Waals surface area (Å²) in [4.78, 5) is 43.0. The molecule has 3 aliphatic heterocycles. The van der Waals surface area contributed by atoms with Crippen molar-refractivity contribution < 1.29 is 19.5 Å². The van der Waals surface area contributed by atoms with Gasteiger partial charge in [0.15, 0.2) is 0 Å². The number of alkyl halides is 1. The average Bonchev–Trinajstić information content (AvgIpc) is 3.41. The van der Waals surface area contributed by atoms with Gasteiger partial charge in [0.25, 0.3) is 0 Å². The number of para-hydroxylation sites is 1. The van der Waals surface area contributed by atoms with Gasteiger partial charge in [-0.1, -0.05) is 47.5 Å². The Labute approximate surface area is 220 Å². The molecule has 3 fully saturated rings. The van der Waals surface area contributed by atoms with Crippen molar-refractivity contribution in [3.63, 3.8) is 0 Å². The van der Waals surface area contributed by atoms with Crippen LogP contribution in [0.1, 0.15) is 52.4 Å². The van der Waals surface area contributed by atoms with Gasteiger partial charge in [-0.05, 0) is 51.2 Å². The van der Waals surface area contributed by atoms with Gasteiger partial charge < -0.3 is 20.6 Å². The lowest BCUT2D eigenvalue weighted by molar-refractivity contribution is -0.139. The number of nitrogens with one attached hydrogen (secondary N) is 2. The molecule has 1 spiro atoms. The number of aliphatic hydroxyl groups excluding tert-OH is 1. The zero-order chi connectivity index (χ0) is 25.2. The number of carbonyl (C=O) groups excluding carboxylic acids is 3. The summed E-state index contributed by atoms with van der Waals surface area (Å²) < 4.78 is -0.623.